The highest BCUT2D eigenvalue weighted by atomic mass is 16.4. The van der Waals surface area contributed by atoms with Gasteiger partial charge in [0.15, 0.2) is 11.6 Å². The molecule has 0 aliphatic rings. The van der Waals surface area contributed by atoms with Gasteiger partial charge in [0.05, 0.1) is 6.42 Å². The van der Waals surface area contributed by atoms with E-state index in [2.05, 4.69) is 15.3 Å². The number of benzene rings is 2. The van der Waals surface area contributed by atoms with Gasteiger partial charge in [-0.2, -0.15) is 0 Å². The number of hydrogen-bond acceptors (Lipinski definition) is 5. The van der Waals surface area contributed by atoms with Crippen LogP contribution in [-0.4, -0.2) is 32.7 Å². The minimum absolute atomic E-state index is 0.221. The lowest BCUT2D eigenvalue weighted by molar-refractivity contribution is -0.136. The number of nitrogens with zero attached hydrogens (tertiary/aromatic N) is 1. The van der Waals surface area contributed by atoms with Gasteiger partial charge in [-0.1, -0.05) is 42.5 Å². The summed E-state index contributed by atoms with van der Waals surface area (Å²) in [6, 6.07) is 13.5. The fourth-order valence-electron chi connectivity index (χ4n) is 2.75. The lowest BCUT2D eigenvalue weighted by atomic mass is 10.0. The molecular weight excluding hydrogens is 362 g/mol. The second-order valence-corrected chi connectivity index (χ2v) is 6.11. The Kier molecular flexibility index (Phi) is 5.59. The highest BCUT2D eigenvalue weighted by Gasteiger charge is 2.16. The molecule has 3 N–H and O–H groups in total. The molecule has 2 aromatic carbocycles. The average molecular weight is 379 g/mol. The van der Waals surface area contributed by atoms with Crippen molar-refractivity contribution >= 4 is 28.4 Å². The number of amides is 1. The number of ketones is 1. The number of carbonyl (C=O) groups excluding carboxylic acids is 2. The molecule has 0 saturated heterocycles. The first-order chi connectivity index (χ1) is 13.5. The molecule has 8 nitrogen and oxygen atoms in total. The van der Waals surface area contributed by atoms with Crippen LogP contribution in [0.3, 0.4) is 0 Å². The van der Waals surface area contributed by atoms with Gasteiger partial charge in [0.2, 0.25) is 0 Å². The van der Waals surface area contributed by atoms with E-state index >= 15 is 0 Å². The SMILES string of the molecule is O=C(O)CCC(=O)c1ncc(C(=O)NCc2cccc3ccccc23)c(=O)[nH]1. The van der Waals surface area contributed by atoms with Crippen LogP contribution < -0.4 is 10.9 Å². The van der Waals surface area contributed by atoms with Crippen molar-refractivity contribution < 1.29 is 19.5 Å². The Morgan fingerprint density at radius 3 is 2.54 bits per heavy atom. The molecule has 1 amide bonds. The van der Waals surface area contributed by atoms with Crippen molar-refractivity contribution in [3.05, 3.63) is 76.0 Å². The third-order valence-electron chi connectivity index (χ3n) is 4.19. The maximum absolute atomic E-state index is 12.3. The number of Topliss-reactive ketones (excluding diaryl/α,β-unsaturated/α-hetero) is 1. The fraction of sp³-hybridized carbons (Fsp3) is 0.150. The molecule has 0 aliphatic heterocycles. The van der Waals surface area contributed by atoms with Crippen LogP contribution in [0.1, 0.15) is 39.4 Å². The van der Waals surface area contributed by atoms with Gasteiger partial charge in [-0.3, -0.25) is 19.2 Å². The van der Waals surface area contributed by atoms with Gasteiger partial charge in [-0.25, -0.2) is 4.98 Å². The van der Waals surface area contributed by atoms with Crippen LogP contribution in [0, 0.1) is 0 Å². The lowest BCUT2D eigenvalue weighted by Crippen LogP contribution is -2.30. The predicted octanol–water partition coefficient (Wildman–Crippen LogP) is 1.90. The number of carboxylic acids is 1. The zero-order chi connectivity index (χ0) is 20.1. The Hall–Kier alpha value is -3.81. The van der Waals surface area contributed by atoms with Gasteiger partial charge in [0.1, 0.15) is 5.56 Å². The zero-order valence-corrected chi connectivity index (χ0v) is 14.8. The number of nitrogens with one attached hydrogen (secondary N) is 2. The standard InChI is InChI=1S/C20H17N3O5/c24-16(8-9-17(25)26)18-21-11-15(20(28)23-18)19(27)22-10-13-6-3-5-12-4-1-2-7-14(12)13/h1-7,11H,8-10H2,(H,22,27)(H,25,26)(H,21,23,28). The highest BCUT2D eigenvalue weighted by Crippen LogP contribution is 2.18. The first-order valence-electron chi connectivity index (χ1n) is 8.55. The summed E-state index contributed by atoms with van der Waals surface area (Å²) in [5.74, 6) is -2.62. The second-order valence-electron chi connectivity index (χ2n) is 6.11. The molecule has 0 saturated carbocycles. The second kappa shape index (κ2) is 8.26. The first kappa shape index (κ1) is 19.0. The molecule has 0 aliphatic carbocycles. The lowest BCUT2D eigenvalue weighted by Gasteiger charge is -2.08. The smallest absolute Gasteiger partial charge is 0.303 e. The molecule has 0 bridgehead atoms. The monoisotopic (exact) mass is 379 g/mol. The summed E-state index contributed by atoms with van der Waals surface area (Å²) < 4.78 is 0. The van der Waals surface area contributed by atoms with Crippen molar-refractivity contribution in [2.24, 2.45) is 0 Å². The number of aliphatic carboxylic acids is 1. The molecule has 0 atom stereocenters. The Morgan fingerprint density at radius 1 is 1.04 bits per heavy atom. The van der Waals surface area contributed by atoms with Crippen molar-refractivity contribution in [1.82, 2.24) is 15.3 Å². The minimum atomic E-state index is -1.12. The number of aromatic nitrogens is 2. The Morgan fingerprint density at radius 2 is 1.79 bits per heavy atom. The van der Waals surface area contributed by atoms with Crippen LogP contribution in [0.5, 0.6) is 0 Å². The van der Waals surface area contributed by atoms with Crippen molar-refractivity contribution in [2.45, 2.75) is 19.4 Å². The minimum Gasteiger partial charge on any atom is -0.481 e. The normalized spacial score (nSPS) is 10.6. The molecule has 0 spiro atoms. The molecule has 0 fully saturated rings. The van der Waals surface area contributed by atoms with Gasteiger partial charge < -0.3 is 15.4 Å². The highest BCUT2D eigenvalue weighted by molar-refractivity contribution is 5.96. The van der Waals surface area contributed by atoms with Gasteiger partial charge in [-0.15, -0.1) is 0 Å². The van der Waals surface area contributed by atoms with Crippen LogP contribution >= 0.6 is 0 Å². The third-order valence-corrected chi connectivity index (χ3v) is 4.19. The average Bonchev–Trinajstić information content (AvgIpc) is 2.70. The van der Waals surface area contributed by atoms with E-state index in [1.54, 1.807) is 0 Å². The van der Waals surface area contributed by atoms with Gasteiger partial charge in [-0.05, 0) is 16.3 Å². The van der Waals surface area contributed by atoms with E-state index < -0.39 is 23.2 Å². The van der Waals surface area contributed by atoms with Gasteiger partial charge >= 0.3 is 5.97 Å². The molecule has 142 valence electrons. The maximum Gasteiger partial charge on any atom is 0.303 e. The van der Waals surface area contributed by atoms with E-state index in [0.29, 0.717) is 0 Å². The molecule has 3 aromatic rings. The van der Waals surface area contributed by atoms with Crippen LogP contribution in [0.15, 0.2) is 53.5 Å². The maximum atomic E-state index is 12.3. The van der Waals surface area contributed by atoms with Crippen LogP contribution in [-0.2, 0) is 11.3 Å². The quantitative estimate of drug-likeness (QED) is 0.538. The van der Waals surface area contributed by atoms with Crippen LogP contribution in [0.25, 0.3) is 10.8 Å². The molecule has 0 radical (unpaired) electrons. The summed E-state index contributed by atoms with van der Waals surface area (Å²) in [5.41, 5.74) is -0.0876. The number of carbonyl (C=O) groups is 3. The number of fused-ring (bicyclic) bond motifs is 1. The fourth-order valence-corrected chi connectivity index (χ4v) is 2.75. The summed E-state index contributed by atoms with van der Waals surface area (Å²) >= 11 is 0. The largest absolute Gasteiger partial charge is 0.481 e. The third kappa shape index (κ3) is 4.29. The summed E-state index contributed by atoms with van der Waals surface area (Å²) in [4.78, 5) is 52.8. The molecular formula is C20H17N3O5. The van der Waals surface area contributed by atoms with Gasteiger partial charge in [0.25, 0.3) is 11.5 Å². The van der Waals surface area contributed by atoms with E-state index in [-0.39, 0.29) is 30.8 Å². The molecule has 8 heteroatoms. The summed E-state index contributed by atoms with van der Waals surface area (Å²) in [5, 5.41) is 13.3. The number of H-pyrrole nitrogens is 1. The van der Waals surface area contributed by atoms with E-state index in [1.165, 1.54) is 0 Å². The molecule has 28 heavy (non-hydrogen) atoms. The molecule has 1 aromatic heterocycles. The summed E-state index contributed by atoms with van der Waals surface area (Å²) in [7, 11) is 0. The summed E-state index contributed by atoms with van der Waals surface area (Å²) in [6.45, 7) is 0.221. The van der Waals surface area contributed by atoms with Crippen LogP contribution in [0.2, 0.25) is 0 Å². The van der Waals surface area contributed by atoms with E-state index in [1.807, 2.05) is 42.5 Å². The molecule has 0 unspecified atom stereocenters. The van der Waals surface area contributed by atoms with Crippen molar-refractivity contribution in [3.63, 3.8) is 0 Å². The van der Waals surface area contributed by atoms with E-state index in [9.17, 15) is 19.2 Å². The molecule has 1 heterocycles. The van der Waals surface area contributed by atoms with Crippen molar-refractivity contribution in [3.8, 4) is 0 Å². The predicted molar refractivity (Wildman–Crippen MR) is 101 cm³/mol. The first-order valence-corrected chi connectivity index (χ1v) is 8.55. The van der Waals surface area contributed by atoms with Crippen molar-refractivity contribution in [1.29, 1.82) is 0 Å². The van der Waals surface area contributed by atoms with E-state index in [0.717, 1.165) is 22.5 Å². The van der Waals surface area contributed by atoms with Gasteiger partial charge in [0, 0.05) is 19.2 Å². The number of aromatic amines is 1. The van der Waals surface area contributed by atoms with Crippen LogP contribution in [0.4, 0.5) is 0 Å². The Balaban J connectivity index is 1.71. The summed E-state index contributed by atoms with van der Waals surface area (Å²) in [6.07, 6.45) is 0.367. The zero-order valence-electron chi connectivity index (χ0n) is 14.8. The number of carboxylic acid groups (broad SMARTS) is 1. The Labute approximate surface area is 159 Å². The molecule has 3 rings (SSSR count). The number of rotatable bonds is 7. The topological polar surface area (TPSA) is 129 Å². The Bertz CT molecular complexity index is 1110. The van der Waals surface area contributed by atoms with Crippen molar-refractivity contribution in [2.75, 3.05) is 0 Å². The number of hydrogen-bond donors (Lipinski definition) is 3. The van der Waals surface area contributed by atoms with E-state index in [4.69, 9.17) is 5.11 Å².